The summed E-state index contributed by atoms with van der Waals surface area (Å²) >= 11 is 6.15. The molecule has 0 unspecified atom stereocenters. The zero-order chi connectivity index (χ0) is 13.1. The number of likely N-dealkylation sites (N-methyl/N-ethyl adjacent to an activating group) is 1. The monoisotopic (exact) mass is 266 g/mol. The molecule has 1 fully saturated rings. The first-order valence-electron chi connectivity index (χ1n) is 5.86. The maximum atomic E-state index is 11.9. The lowest BCUT2D eigenvalue weighted by atomic mass is 10.1. The second kappa shape index (κ2) is 5.40. The number of hydrogen-bond acceptors (Lipinski definition) is 3. The van der Waals surface area contributed by atoms with Gasteiger partial charge in [0.2, 0.25) is 5.91 Å². The molecule has 0 radical (unpaired) electrons. The van der Waals surface area contributed by atoms with E-state index in [0.29, 0.717) is 16.3 Å². The minimum atomic E-state index is 0.0456. The summed E-state index contributed by atoms with van der Waals surface area (Å²) in [7, 11) is 1.79. The third-order valence-corrected chi connectivity index (χ3v) is 3.44. The van der Waals surface area contributed by atoms with E-state index < -0.39 is 0 Å². The number of anilines is 1. The third-order valence-electron chi connectivity index (χ3n) is 3.13. The van der Waals surface area contributed by atoms with Crippen molar-refractivity contribution in [1.82, 2.24) is 4.90 Å². The highest BCUT2D eigenvalue weighted by molar-refractivity contribution is 6.34. The van der Waals surface area contributed by atoms with Crippen molar-refractivity contribution in [1.29, 1.82) is 0 Å². The molecule has 1 aliphatic rings. The van der Waals surface area contributed by atoms with E-state index in [4.69, 9.17) is 11.6 Å². The summed E-state index contributed by atoms with van der Waals surface area (Å²) in [5, 5.41) is 0.511. The Morgan fingerprint density at radius 1 is 1.33 bits per heavy atom. The number of carbonyl (C=O) groups is 2. The van der Waals surface area contributed by atoms with Crippen LogP contribution in [-0.2, 0) is 4.79 Å². The maximum Gasteiger partial charge on any atom is 0.241 e. The van der Waals surface area contributed by atoms with Gasteiger partial charge in [-0.25, -0.2) is 0 Å². The standard InChI is InChI=1S/C13H15ClN2O2/c1-15-6-3-7-16(8-12(15)18)13-10(9-17)4-2-5-11(13)14/h2,4-5,9H,3,6-8H2,1H3. The summed E-state index contributed by atoms with van der Waals surface area (Å²) in [5.41, 5.74) is 1.19. The van der Waals surface area contributed by atoms with Gasteiger partial charge in [0.15, 0.2) is 6.29 Å². The quantitative estimate of drug-likeness (QED) is 0.767. The van der Waals surface area contributed by atoms with Gasteiger partial charge in [-0.1, -0.05) is 17.7 Å². The normalized spacial score (nSPS) is 16.7. The lowest BCUT2D eigenvalue weighted by molar-refractivity contribution is -0.127. The molecule has 18 heavy (non-hydrogen) atoms. The molecule has 0 atom stereocenters. The molecule has 96 valence electrons. The number of aldehydes is 1. The van der Waals surface area contributed by atoms with Crippen LogP contribution in [0.4, 0.5) is 5.69 Å². The van der Waals surface area contributed by atoms with Crippen molar-refractivity contribution in [2.45, 2.75) is 6.42 Å². The Hall–Kier alpha value is -1.55. The van der Waals surface area contributed by atoms with E-state index in [1.165, 1.54) is 0 Å². The van der Waals surface area contributed by atoms with Gasteiger partial charge in [-0.15, -0.1) is 0 Å². The van der Waals surface area contributed by atoms with E-state index in [2.05, 4.69) is 0 Å². The summed E-state index contributed by atoms with van der Waals surface area (Å²) in [6.07, 6.45) is 1.64. The van der Waals surface area contributed by atoms with Crippen LogP contribution in [0.2, 0.25) is 5.02 Å². The Balaban J connectivity index is 2.36. The van der Waals surface area contributed by atoms with Gasteiger partial charge in [0.05, 0.1) is 17.3 Å². The van der Waals surface area contributed by atoms with Gasteiger partial charge in [-0.2, -0.15) is 0 Å². The number of rotatable bonds is 2. The van der Waals surface area contributed by atoms with Crippen molar-refractivity contribution < 1.29 is 9.59 Å². The minimum absolute atomic E-state index is 0.0456. The Morgan fingerprint density at radius 3 is 2.83 bits per heavy atom. The first-order valence-corrected chi connectivity index (χ1v) is 6.24. The van der Waals surface area contributed by atoms with Gasteiger partial charge in [-0.05, 0) is 18.6 Å². The van der Waals surface area contributed by atoms with E-state index >= 15 is 0 Å². The fourth-order valence-electron chi connectivity index (χ4n) is 2.14. The van der Waals surface area contributed by atoms with Crippen molar-refractivity contribution in [3.8, 4) is 0 Å². The molecule has 1 heterocycles. The van der Waals surface area contributed by atoms with Gasteiger partial charge >= 0.3 is 0 Å². The second-order valence-corrected chi connectivity index (χ2v) is 4.79. The van der Waals surface area contributed by atoms with E-state index in [0.717, 1.165) is 25.8 Å². The van der Waals surface area contributed by atoms with Gasteiger partial charge in [0.25, 0.3) is 0 Å². The number of amides is 1. The lowest BCUT2D eigenvalue weighted by Gasteiger charge is -2.24. The minimum Gasteiger partial charge on any atom is -0.360 e. The first kappa shape index (κ1) is 12.9. The molecule has 1 aliphatic heterocycles. The van der Waals surface area contributed by atoms with Crippen molar-refractivity contribution >= 4 is 29.5 Å². The molecule has 5 heteroatoms. The predicted molar refractivity (Wildman–Crippen MR) is 71.3 cm³/mol. The zero-order valence-corrected chi connectivity index (χ0v) is 11.0. The topological polar surface area (TPSA) is 40.6 Å². The van der Waals surface area contributed by atoms with Gasteiger partial charge in [-0.3, -0.25) is 9.59 Å². The van der Waals surface area contributed by atoms with Crippen LogP contribution in [0.1, 0.15) is 16.8 Å². The lowest BCUT2D eigenvalue weighted by Crippen LogP contribution is -2.34. The van der Waals surface area contributed by atoms with Crippen molar-refractivity contribution in [2.24, 2.45) is 0 Å². The average Bonchev–Trinajstić information content (AvgIpc) is 2.51. The molecular weight excluding hydrogens is 252 g/mol. The van der Waals surface area contributed by atoms with Crippen LogP contribution in [0.3, 0.4) is 0 Å². The number of halogens is 1. The van der Waals surface area contributed by atoms with Crippen LogP contribution in [0.25, 0.3) is 0 Å². The van der Waals surface area contributed by atoms with Crippen LogP contribution < -0.4 is 4.90 Å². The van der Waals surface area contributed by atoms with Crippen molar-refractivity contribution in [3.05, 3.63) is 28.8 Å². The molecule has 0 N–H and O–H groups in total. The number of benzene rings is 1. The molecule has 0 bridgehead atoms. The summed E-state index contributed by atoms with van der Waals surface area (Å²) in [6.45, 7) is 1.72. The van der Waals surface area contributed by atoms with Gasteiger partial charge in [0, 0.05) is 25.7 Å². The molecule has 0 aliphatic carbocycles. The molecule has 1 aromatic rings. The fraction of sp³-hybridized carbons (Fsp3) is 0.385. The summed E-state index contributed by atoms with van der Waals surface area (Å²) in [6, 6.07) is 5.19. The van der Waals surface area contributed by atoms with E-state index in [1.54, 1.807) is 30.1 Å². The molecule has 2 rings (SSSR count). The Kier molecular flexibility index (Phi) is 3.87. The third kappa shape index (κ3) is 2.48. The smallest absolute Gasteiger partial charge is 0.241 e. The fourth-order valence-corrected chi connectivity index (χ4v) is 2.44. The molecule has 0 aromatic heterocycles. The summed E-state index contributed by atoms with van der Waals surface area (Å²) in [5.74, 6) is 0.0456. The van der Waals surface area contributed by atoms with E-state index in [1.807, 2.05) is 4.90 Å². The van der Waals surface area contributed by atoms with Crippen LogP contribution >= 0.6 is 11.6 Å². The molecule has 1 amide bonds. The van der Waals surface area contributed by atoms with Crippen LogP contribution in [0.5, 0.6) is 0 Å². The molecule has 1 saturated heterocycles. The first-order chi connectivity index (χ1) is 8.63. The molecule has 4 nitrogen and oxygen atoms in total. The Bertz CT molecular complexity index is 476. The highest BCUT2D eigenvalue weighted by Gasteiger charge is 2.22. The predicted octanol–water partition coefficient (Wildman–Crippen LogP) is 1.82. The summed E-state index contributed by atoms with van der Waals surface area (Å²) < 4.78 is 0. The zero-order valence-electron chi connectivity index (χ0n) is 10.2. The van der Waals surface area contributed by atoms with E-state index in [-0.39, 0.29) is 12.5 Å². The summed E-state index contributed by atoms with van der Waals surface area (Å²) in [4.78, 5) is 26.5. The molecule has 0 saturated carbocycles. The van der Waals surface area contributed by atoms with Crippen LogP contribution in [-0.4, -0.2) is 43.8 Å². The second-order valence-electron chi connectivity index (χ2n) is 4.39. The van der Waals surface area contributed by atoms with Crippen LogP contribution in [0.15, 0.2) is 18.2 Å². The Morgan fingerprint density at radius 2 is 2.11 bits per heavy atom. The number of para-hydroxylation sites is 1. The molecule has 1 aromatic carbocycles. The van der Waals surface area contributed by atoms with Crippen molar-refractivity contribution in [3.63, 3.8) is 0 Å². The van der Waals surface area contributed by atoms with Crippen molar-refractivity contribution in [2.75, 3.05) is 31.6 Å². The van der Waals surface area contributed by atoms with Gasteiger partial charge in [0.1, 0.15) is 0 Å². The average molecular weight is 267 g/mol. The number of hydrogen-bond donors (Lipinski definition) is 0. The Labute approximate surface area is 111 Å². The highest BCUT2D eigenvalue weighted by atomic mass is 35.5. The van der Waals surface area contributed by atoms with Crippen LogP contribution in [0, 0.1) is 0 Å². The largest absolute Gasteiger partial charge is 0.360 e. The number of carbonyl (C=O) groups excluding carboxylic acids is 2. The maximum absolute atomic E-state index is 11.9. The molecule has 0 spiro atoms. The highest BCUT2D eigenvalue weighted by Crippen LogP contribution is 2.29. The van der Waals surface area contributed by atoms with Gasteiger partial charge < -0.3 is 9.80 Å². The van der Waals surface area contributed by atoms with E-state index in [9.17, 15) is 9.59 Å². The number of nitrogens with zero attached hydrogens (tertiary/aromatic N) is 2. The molecular formula is C13H15ClN2O2. The SMILES string of the molecule is CN1CCCN(c2c(Cl)cccc2C=O)CC1=O.